The van der Waals surface area contributed by atoms with E-state index >= 15 is 0 Å². The lowest BCUT2D eigenvalue weighted by Crippen LogP contribution is -2.16. The van der Waals surface area contributed by atoms with E-state index < -0.39 is 0 Å². The van der Waals surface area contributed by atoms with Crippen LogP contribution in [-0.2, 0) is 14.3 Å². The molecule has 106 valence electrons. The lowest BCUT2D eigenvalue weighted by molar-refractivity contribution is -0.117. The van der Waals surface area contributed by atoms with Crippen LogP contribution in [0.5, 0.6) is 0 Å². The number of hydrogen-bond acceptors (Lipinski definition) is 4. The van der Waals surface area contributed by atoms with Crippen LogP contribution >= 0.6 is 0 Å². The maximum absolute atomic E-state index is 11.7. The fourth-order valence-electron chi connectivity index (χ4n) is 1.52. The van der Waals surface area contributed by atoms with E-state index in [2.05, 4.69) is 5.32 Å². The Morgan fingerprint density at radius 3 is 2.74 bits per heavy atom. The Kier molecular flexibility index (Phi) is 6.92. The molecule has 5 nitrogen and oxygen atoms in total. The van der Waals surface area contributed by atoms with Crippen molar-refractivity contribution >= 4 is 17.3 Å². The number of nitrogens with one attached hydrogen (secondary N) is 1. The predicted molar refractivity (Wildman–Crippen MR) is 76.2 cm³/mol. The number of carbonyl (C=O) groups excluding carboxylic acids is 1. The number of anilines is 2. The largest absolute Gasteiger partial charge is 0.399 e. The van der Waals surface area contributed by atoms with Gasteiger partial charge < -0.3 is 20.5 Å². The molecule has 1 aromatic carbocycles. The first-order valence-electron chi connectivity index (χ1n) is 6.45. The van der Waals surface area contributed by atoms with E-state index in [1.807, 2.05) is 26.0 Å². The van der Waals surface area contributed by atoms with Gasteiger partial charge in [0.25, 0.3) is 0 Å². The molecule has 0 fully saturated rings. The monoisotopic (exact) mass is 266 g/mol. The van der Waals surface area contributed by atoms with E-state index in [4.69, 9.17) is 15.2 Å². The van der Waals surface area contributed by atoms with Gasteiger partial charge in [0.1, 0.15) is 0 Å². The SMILES string of the molecule is CCOCCOCCC(=O)Nc1cc(N)ccc1C. The summed E-state index contributed by atoms with van der Waals surface area (Å²) >= 11 is 0. The summed E-state index contributed by atoms with van der Waals surface area (Å²) in [6.07, 6.45) is 0.320. The molecule has 0 heterocycles. The van der Waals surface area contributed by atoms with Crippen LogP contribution in [0.2, 0.25) is 0 Å². The Labute approximate surface area is 114 Å². The highest BCUT2D eigenvalue weighted by Crippen LogP contribution is 2.18. The minimum atomic E-state index is -0.0786. The fraction of sp³-hybridized carbons (Fsp3) is 0.500. The molecule has 3 N–H and O–H groups in total. The molecule has 0 unspecified atom stereocenters. The summed E-state index contributed by atoms with van der Waals surface area (Å²) in [5.41, 5.74) is 8.05. The Morgan fingerprint density at radius 2 is 2.00 bits per heavy atom. The third-order valence-electron chi connectivity index (χ3n) is 2.59. The van der Waals surface area contributed by atoms with Crippen LogP contribution < -0.4 is 11.1 Å². The van der Waals surface area contributed by atoms with Crippen molar-refractivity contribution in [2.45, 2.75) is 20.3 Å². The molecule has 5 heteroatoms. The van der Waals surface area contributed by atoms with Gasteiger partial charge in [0.15, 0.2) is 0 Å². The molecule has 0 spiro atoms. The lowest BCUT2D eigenvalue weighted by Gasteiger charge is -2.09. The summed E-state index contributed by atoms with van der Waals surface area (Å²) in [6.45, 7) is 6.00. The number of ether oxygens (including phenoxy) is 2. The number of hydrogen-bond donors (Lipinski definition) is 2. The van der Waals surface area contributed by atoms with Crippen LogP contribution in [-0.4, -0.2) is 32.3 Å². The Bertz CT molecular complexity index is 408. The number of rotatable bonds is 8. The second kappa shape index (κ2) is 8.50. The summed E-state index contributed by atoms with van der Waals surface area (Å²) in [5.74, 6) is -0.0786. The molecule has 0 atom stereocenters. The molecule has 0 radical (unpaired) electrons. The molecular formula is C14H22N2O3. The minimum absolute atomic E-state index is 0.0786. The van der Waals surface area contributed by atoms with Crippen molar-refractivity contribution in [3.8, 4) is 0 Å². The molecule has 19 heavy (non-hydrogen) atoms. The first kappa shape index (κ1) is 15.5. The fourth-order valence-corrected chi connectivity index (χ4v) is 1.52. The summed E-state index contributed by atoms with van der Waals surface area (Å²) < 4.78 is 10.4. The topological polar surface area (TPSA) is 73.6 Å². The lowest BCUT2D eigenvalue weighted by atomic mass is 10.2. The van der Waals surface area contributed by atoms with Gasteiger partial charge in [0.2, 0.25) is 5.91 Å². The molecule has 0 aliphatic carbocycles. The predicted octanol–water partition coefficient (Wildman–Crippen LogP) is 1.96. The highest BCUT2D eigenvalue weighted by atomic mass is 16.5. The van der Waals surface area contributed by atoms with Crippen molar-refractivity contribution in [1.82, 2.24) is 0 Å². The standard InChI is InChI=1S/C14H22N2O3/c1-3-18-8-9-19-7-6-14(17)16-13-10-12(15)5-4-11(13)2/h4-5,10H,3,6-9,15H2,1-2H3,(H,16,17). The molecule has 1 rings (SSSR count). The third-order valence-corrected chi connectivity index (χ3v) is 2.59. The van der Waals surface area contributed by atoms with Crippen LogP contribution in [0.4, 0.5) is 11.4 Å². The van der Waals surface area contributed by atoms with Crippen molar-refractivity contribution in [3.05, 3.63) is 23.8 Å². The quantitative estimate of drug-likeness (QED) is 0.557. The van der Waals surface area contributed by atoms with E-state index in [0.717, 1.165) is 11.3 Å². The smallest absolute Gasteiger partial charge is 0.226 e. The van der Waals surface area contributed by atoms with Gasteiger partial charge in [0, 0.05) is 18.0 Å². The Balaban J connectivity index is 2.25. The molecule has 0 aliphatic rings. The van der Waals surface area contributed by atoms with Crippen LogP contribution in [0.15, 0.2) is 18.2 Å². The van der Waals surface area contributed by atoms with Gasteiger partial charge in [-0.25, -0.2) is 0 Å². The van der Waals surface area contributed by atoms with Gasteiger partial charge in [-0.15, -0.1) is 0 Å². The van der Waals surface area contributed by atoms with E-state index in [-0.39, 0.29) is 5.91 Å². The van der Waals surface area contributed by atoms with E-state index in [1.165, 1.54) is 0 Å². The van der Waals surface area contributed by atoms with Gasteiger partial charge >= 0.3 is 0 Å². The first-order chi connectivity index (χ1) is 9.13. The van der Waals surface area contributed by atoms with E-state index in [0.29, 0.717) is 38.5 Å². The normalized spacial score (nSPS) is 10.4. The summed E-state index contributed by atoms with van der Waals surface area (Å²) in [6, 6.07) is 5.44. The van der Waals surface area contributed by atoms with Crippen molar-refractivity contribution in [1.29, 1.82) is 0 Å². The zero-order chi connectivity index (χ0) is 14.1. The van der Waals surface area contributed by atoms with Crippen LogP contribution in [0.25, 0.3) is 0 Å². The zero-order valence-electron chi connectivity index (χ0n) is 11.6. The number of carbonyl (C=O) groups is 1. The highest BCUT2D eigenvalue weighted by Gasteiger charge is 2.05. The average Bonchev–Trinajstić information content (AvgIpc) is 2.38. The molecule has 1 aromatic rings. The first-order valence-corrected chi connectivity index (χ1v) is 6.45. The molecule has 0 aliphatic heterocycles. The van der Waals surface area contributed by atoms with Gasteiger partial charge in [-0.1, -0.05) is 6.07 Å². The van der Waals surface area contributed by atoms with Crippen LogP contribution in [0, 0.1) is 6.92 Å². The van der Waals surface area contributed by atoms with Crippen LogP contribution in [0.3, 0.4) is 0 Å². The van der Waals surface area contributed by atoms with Crippen molar-refractivity contribution in [2.75, 3.05) is 37.5 Å². The van der Waals surface area contributed by atoms with Crippen molar-refractivity contribution < 1.29 is 14.3 Å². The molecule has 0 saturated heterocycles. The number of aryl methyl sites for hydroxylation is 1. The van der Waals surface area contributed by atoms with Crippen molar-refractivity contribution in [2.24, 2.45) is 0 Å². The number of amides is 1. The second-order valence-electron chi connectivity index (χ2n) is 4.18. The number of nitrogens with two attached hydrogens (primary N) is 1. The maximum Gasteiger partial charge on any atom is 0.226 e. The molecule has 1 amide bonds. The maximum atomic E-state index is 11.7. The summed E-state index contributed by atoms with van der Waals surface area (Å²) in [7, 11) is 0. The molecular weight excluding hydrogens is 244 g/mol. The molecule has 0 bridgehead atoms. The summed E-state index contributed by atoms with van der Waals surface area (Å²) in [4.78, 5) is 11.7. The van der Waals surface area contributed by atoms with Crippen LogP contribution in [0.1, 0.15) is 18.9 Å². The number of benzene rings is 1. The number of nitrogen functional groups attached to an aromatic ring is 1. The molecule has 0 aromatic heterocycles. The zero-order valence-corrected chi connectivity index (χ0v) is 11.6. The van der Waals surface area contributed by atoms with Gasteiger partial charge in [-0.2, -0.15) is 0 Å². The van der Waals surface area contributed by atoms with Gasteiger partial charge in [-0.3, -0.25) is 4.79 Å². The van der Waals surface area contributed by atoms with E-state index in [1.54, 1.807) is 6.07 Å². The van der Waals surface area contributed by atoms with E-state index in [9.17, 15) is 4.79 Å². The van der Waals surface area contributed by atoms with Gasteiger partial charge in [-0.05, 0) is 31.5 Å². The third kappa shape index (κ3) is 6.22. The Hall–Kier alpha value is -1.59. The minimum Gasteiger partial charge on any atom is -0.399 e. The average molecular weight is 266 g/mol. The molecule has 0 saturated carbocycles. The highest BCUT2D eigenvalue weighted by molar-refractivity contribution is 5.92. The second-order valence-corrected chi connectivity index (χ2v) is 4.18. The van der Waals surface area contributed by atoms with Crippen molar-refractivity contribution in [3.63, 3.8) is 0 Å². The Morgan fingerprint density at radius 1 is 1.26 bits per heavy atom. The summed E-state index contributed by atoms with van der Waals surface area (Å²) in [5, 5.41) is 2.82. The van der Waals surface area contributed by atoms with Gasteiger partial charge in [0.05, 0.1) is 26.2 Å².